The highest BCUT2D eigenvalue weighted by atomic mass is 79.9. The summed E-state index contributed by atoms with van der Waals surface area (Å²) in [5.41, 5.74) is 5.89. The predicted molar refractivity (Wildman–Crippen MR) is 78.3 cm³/mol. The van der Waals surface area contributed by atoms with Gasteiger partial charge in [0, 0.05) is 11.9 Å². The van der Waals surface area contributed by atoms with E-state index in [9.17, 15) is 12.8 Å². The number of hydrogen-bond donors (Lipinski definition) is 2. The Bertz CT molecular complexity index is 765. The summed E-state index contributed by atoms with van der Waals surface area (Å²) in [7, 11) is -4.11. The molecule has 106 valence electrons. The largest absolute Gasteiger partial charge is 0.399 e. The van der Waals surface area contributed by atoms with Gasteiger partial charge >= 0.3 is 0 Å². The average molecular weight is 360 g/mol. The van der Waals surface area contributed by atoms with Crippen LogP contribution in [-0.2, 0) is 10.0 Å². The van der Waals surface area contributed by atoms with Crippen LogP contribution < -0.4 is 10.5 Å². The molecule has 0 amide bonds. The Morgan fingerprint density at radius 2 is 2.10 bits per heavy atom. The molecule has 2 aromatic rings. The van der Waals surface area contributed by atoms with Crippen LogP contribution in [0.2, 0.25) is 0 Å². The molecule has 0 unspecified atom stereocenters. The summed E-state index contributed by atoms with van der Waals surface area (Å²) >= 11 is 3.16. The van der Waals surface area contributed by atoms with Crippen molar-refractivity contribution in [1.82, 2.24) is 4.98 Å². The number of aromatic nitrogens is 1. The number of nitrogens with zero attached hydrogens (tertiary/aromatic N) is 1. The van der Waals surface area contributed by atoms with E-state index in [1.807, 2.05) is 0 Å². The minimum absolute atomic E-state index is 0.0759. The summed E-state index contributed by atoms with van der Waals surface area (Å²) in [6.45, 7) is 1.45. The molecule has 0 aliphatic heterocycles. The minimum atomic E-state index is -4.11. The fourth-order valence-corrected chi connectivity index (χ4v) is 3.30. The van der Waals surface area contributed by atoms with Gasteiger partial charge in [-0.1, -0.05) is 0 Å². The van der Waals surface area contributed by atoms with Crippen LogP contribution in [0.5, 0.6) is 0 Å². The van der Waals surface area contributed by atoms with Gasteiger partial charge in [-0.2, -0.15) is 0 Å². The van der Waals surface area contributed by atoms with E-state index in [2.05, 4.69) is 25.6 Å². The van der Waals surface area contributed by atoms with Crippen molar-refractivity contribution >= 4 is 37.5 Å². The third-order valence-electron chi connectivity index (χ3n) is 2.52. The van der Waals surface area contributed by atoms with Crippen molar-refractivity contribution in [2.24, 2.45) is 0 Å². The zero-order valence-electron chi connectivity index (χ0n) is 10.4. The van der Waals surface area contributed by atoms with Gasteiger partial charge in [-0.15, -0.1) is 0 Å². The topological polar surface area (TPSA) is 85.1 Å². The molecule has 2 rings (SSSR count). The Labute approximate surface area is 124 Å². The second kappa shape index (κ2) is 5.37. The molecule has 0 aliphatic carbocycles. The van der Waals surface area contributed by atoms with Gasteiger partial charge in [0.1, 0.15) is 10.7 Å². The average Bonchev–Trinajstić information content (AvgIpc) is 2.36. The van der Waals surface area contributed by atoms with Crippen LogP contribution in [0.3, 0.4) is 0 Å². The van der Waals surface area contributed by atoms with Gasteiger partial charge in [0.15, 0.2) is 5.82 Å². The van der Waals surface area contributed by atoms with Gasteiger partial charge in [-0.3, -0.25) is 4.72 Å². The summed E-state index contributed by atoms with van der Waals surface area (Å²) in [5, 5.41) is 0. The van der Waals surface area contributed by atoms with E-state index in [0.717, 1.165) is 6.07 Å². The number of benzene rings is 1. The van der Waals surface area contributed by atoms with Crippen LogP contribution in [0.15, 0.2) is 39.8 Å². The van der Waals surface area contributed by atoms with Gasteiger partial charge in [0.2, 0.25) is 0 Å². The summed E-state index contributed by atoms with van der Waals surface area (Å²) < 4.78 is 41.1. The molecule has 1 aromatic carbocycles. The second-order valence-corrected chi connectivity index (χ2v) is 6.59. The van der Waals surface area contributed by atoms with E-state index in [1.54, 1.807) is 12.1 Å². The summed E-state index contributed by atoms with van der Waals surface area (Å²) in [4.78, 5) is 3.37. The van der Waals surface area contributed by atoms with Crippen LogP contribution in [0.4, 0.5) is 15.9 Å². The van der Waals surface area contributed by atoms with Crippen LogP contribution in [0, 0.1) is 12.7 Å². The lowest BCUT2D eigenvalue weighted by Crippen LogP contribution is -2.16. The molecular weight excluding hydrogens is 349 g/mol. The molecule has 1 aromatic heterocycles. The van der Waals surface area contributed by atoms with Gasteiger partial charge < -0.3 is 5.73 Å². The van der Waals surface area contributed by atoms with Crippen molar-refractivity contribution < 1.29 is 12.8 Å². The monoisotopic (exact) mass is 359 g/mol. The maximum Gasteiger partial charge on any atom is 0.266 e. The number of nitrogen functional groups attached to an aromatic ring is 1. The van der Waals surface area contributed by atoms with Crippen molar-refractivity contribution in [3.05, 3.63) is 46.3 Å². The smallest absolute Gasteiger partial charge is 0.266 e. The normalized spacial score (nSPS) is 11.3. The van der Waals surface area contributed by atoms with Gasteiger partial charge in [0.25, 0.3) is 10.0 Å². The summed E-state index contributed by atoms with van der Waals surface area (Å²) in [5.74, 6) is -0.759. The van der Waals surface area contributed by atoms with Crippen molar-refractivity contribution in [3.63, 3.8) is 0 Å². The van der Waals surface area contributed by atoms with Crippen LogP contribution in [-0.4, -0.2) is 13.4 Å². The lowest BCUT2D eigenvalue weighted by atomic mass is 10.2. The second-order valence-electron chi connectivity index (χ2n) is 4.09. The molecule has 0 fully saturated rings. The van der Waals surface area contributed by atoms with E-state index in [-0.39, 0.29) is 17.1 Å². The number of nitrogens with one attached hydrogen (secondary N) is 1. The SMILES string of the molecule is Cc1cc(N)cc(S(=O)(=O)Nc2ncccc2Br)c1F. The Hall–Kier alpha value is -1.67. The lowest BCUT2D eigenvalue weighted by molar-refractivity contribution is 0.565. The molecule has 0 saturated heterocycles. The first-order valence-electron chi connectivity index (χ1n) is 5.50. The van der Waals surface area contributed by atoms with Gasteiger partial charge in [-0.05, 0) is 52.7 Å². The lowest BCUT2D eigenvalue weighted by Gasteiger charge is -2.11. The Kier molecular flexibility index (Phi) is 3.96. The Balaban J connectivity index is 2.49. The molecule has 1 heterocycles. The summed E-state index contributed by atoms with van der Waals surface area (Å²) in [6, 6.07) is 5.69. The molecule has 0 atom stereocenters. The fraction of sp³-hybridized carbons (Fsp3) is 0.0833. The molecule has 0 spiro atoms. The van der Waals surface area contributed by atoms with E-state index in [1.165, 1.54) is 19.2 Å². The molecule has 3 N–H and O–H groups in total. The van der Waals surface area contributed by atoms with Gasteiger partial charge in [-0.25, -0.2) is 17.8 Å². The Morgan fingerprint density at radius 1 is 1.40 bits per heavy atom. The number of hydrogen-bond acceptors (Lipinski definition) is 4. The first-order valence-corrected chi connectivity index (χ1v) is 7.78. The molecule has 0 radical (unpaired) electrons. The maximum atomic E-state index is 14.0. The third kappa shape index (κ3) is 2.91. The van der Waals surface area contributed by atoms with Crippen LogP contribution >= 0.6 is 15.9 Å². The first-order chi connectivity index (χ1) is 9.31. The highest BCUT2D eigenvalue weighted by Crippen LogP contribution is 2.26. The van der Waals surface area contributed by atoms with Gasteiger partial charge in [0.05, 0.1) is 4.47 Å². The minimum Gasteiger partial charge on any atom is -0.399 e. The third-order valence-corrected chi connectivity index (χ3v) is 4.50. The number of anilines is 2. The molecule has 0 aliphatic rings. The van der Waals surface area contributed by atoms with E-state index in [0.29, 0.717) is 4.47 Å². The number of sulfonamides is 1. The number of aryl methyl sites for hydroxylation is 1. The fourth-order valence-electron chi connectivity index (χ4n) is 1.60. The molecular formula is C12H11BrFN3O2S. The standard InChI is InChI=1S/C12H11BrFN3O2S/c1-7-5-8(15)6-10(11(7)14)20(18,19)17-12-9(13)3-2-4-16-12/h2-6H,15H2,1H3,(H,16,17). The summed E-state index contributed by atoms with van der Waals surface area (Å²) in [6.07, 6.45) is 1.42. The highest BCUT2D eigenvalue weighted by Gasteiger charge is 2.22. The molecule has 20 heavy (non-hydrogen) atoms. The van der Waals surface area contributed by atoms with Crippen LogP contribution in [0.1, 0.15) is 5.56 Å². The number of nitrogens with two attached hydrogens (primary N) is 1. The number of pyridine rings is 1. The highest BCUT2D eigenvalue weighted by molar-refractivity contribution is 9.10. The molecule has 0 bridgehead atoms. The van der Waals surface area contributed by atoms with Crippen LogP contribution in [0.25, 0.3) is 0 Å². The first kappa shape index (κ1) is 14.7. The zero-order valence-corrected chi connectivity index (χ0v) is 12.8. The van der Waals surface area contributed by atoms with Crippen molar-refractivity contribution in [1.29, 1.82) is 0 Å². The number of rotatable bonds is 3. The zero-order chi connectivity index (χ0) is 14.9. The van der Waals surface area contributed by atoms with E-state index < -0.39 is 20.7 Å². The molecule has 8 heteroatoms. The Morgan fingerprint density at radius 3 is 2.75 bits per heavy atom. The van der Waals surface area contributed by atoms with E-state index in [4.69, 9.17) is 5.73 Å². The van der Waals surface area contributed by atoms with Crippen molar-refractivity contribution in [3.8, 4) is 0 Å². The van der Waals surface area contributed by atoms with E-state index >= 15 is 0 Å². The number of halogens is 2. The quantitative estimate of drug-likeness (QED) is 0.825. The maximum absolute atomic E-state index is 14.0. The predicted octanol–water partition coefficient (Wildman–Crippen LogP) is 2.67. The van der Waals surface area contributed by atoms with Crippen molar-refractivity contribution in [2.75, 3.05) is 10.5 Å². The molecule has 0 saturated carbocycles. The molecule has 5 nitrogen and oxygen atoms in total. The van der Waals surface area contributed by atoms with Crippen molar-refractivity contribution in [2.45, 2.75) is 11.8 Å².